The van der Waals surface area contributed by atoms with Crippen LogP contribution in [0, 0.1) is 5.92 Å². The number of primary amides is 1. The van der Waals surface area contributed by atoms with E-state index in [9.17, 15) is 33.9 Å². The predicted octanol–water partition coefficient (Wildman–Crippen LogP) is -1.51. The minimum Gasteiger partial charge on any atom is -0.481 e. The predicted molar refractivity (Wildman–Crippen MR) is 127 cm³/mol. The second-order valence-electron chi connectivity index (χ2n) is 8.40. The Morgan fingerprint density at radius 1 is 0.861 bits per heavy atom. The number of benzene rings is 1. The number of nitrogens with two attached hydrogens (primary N) is 2. The van der Waals surface area contributed by atoms with Gasteiger partial charge >= 0.3 is 11.9 Å². The lowest BCUT2D eigenvalue weighted by atomic mass is 9.96. The summed E-state index contributed by atoms with van der Waals surface area (Å²) in [6.07, 6.45) is -0.867. The lowest BCUT2D eigenvalue weighted by Gasteiger charge is -2.28. The van der Waals surface area contributed by atoms with Gasteiger partial charge in [-0.1, -0.05) is 50.6 Å². The van der Waals surface area contributed by atoms with E-state index in [1.54, 1.807) is 44.2 Å². The molecule has 0 spiro atoms. The van der Waals surface area contributed by atoms with Crippen molar-refractivity contribution in [1.82, 2.24) is 16.0 Å². The molecule has 0 aliphatic heterocycles. The molecule has 0 saturated carbocycles. The van der Waals surface area contributed by atoms with Crippen LogP contribution < -0.4 is 27.4 Å². The largest absolute Gasteiger partial charge is 0.481 e. The summed E-state index contributed by atoms with van der Waals surface area (Å²) in [7, 11) is 0. The number of carboxylic acids is 2. The zero-order valence-electron chi connectivity index (χ0n) is 20.1. The first-order valence-electron chi connectivity index (χ1n) is 11.3. The van der Waals surface area contributed by atoms with E-state index >= 15 is 0 Å². The maximum atomic E-state index is 13.2. The van der Waals surface area contributed by atoms with Gasteiger partial charge in [0.2, 0.25) is 23.6 Å². The van der Waals surface area contributed by atoms with E-state index in [2.05, 4.69) is 16.0 Å². The standard InChI is InChI=1S/C23H33N5O8/c1-3-12(2)19(22(34)27-16(23(35)36)11-17(25)29)28-21(33)15(9-13-7-5-4-6-8-13)26-20(32)14(24)10-18(30)31/h4-8,12,14-16,19H,3,9-11,24H2,1-2H3,(H2,25,29)(H,26,32)(H,27,34)(H,28,33)(H,30,31)(H,35,36). The molecule has 0 bridgehead atoms. The van der Waals surface area contributed by atoms with E-state index in [1.165, 1.54) is 0 Å². The SMILES string of the molecule is CCC(C)C(NC(=O)C(Cc1ccccc1)NC(=O)C(N)CC(=O)O)C(=O)NC(CC(N)=O)C(=O)O. The summed E-state index contributed by atoms with van der Waals surface area (Å²) >= 11 is 0. The molecule has 0 aliphatic carbocycles. The van der Waals surface area contributed by atoms with Gasteiger partial charge in [-0.3, -0.25) is 24.0 Å². The highest BCUT2D eigenvalue weighted by atomic mass is 16.4. The zero-order chi connectivity index (χ0) is 27.4. The highest BCUT2D eigenvalue weighted by molar-refractivity contribution is 5.95. The van der Waals surface area contributed by atoms with Gasteiger partial charge in [0, 0.05) is 6.42 Å². The summed E-state index contributed by atoms with van der Waals surface area (Å²) in [5.74, 6) is -6.65. The first-order chi connectivity index (χ1) is 16.8. The maximum Gasteiger partial charge on any atom is 0.326 e. The van der Waals surface area contributed by atoms with Crippen LogP contribution in [0.2, 0.25) is 0 Å². The number of amides is 4. The second-order valence-corrected chi connectivity index (χ2v) is 8.40. The first-order valence-corrected chi connectivity index (χ1v) is 11.3. The lowest BCUT2D eigenvalue weighted by Crippen LogP contribution is -2.59. The first kappa shape index (κ1) is 30.0. The molecule has 0 radical (unpaired) electrons. The Labute approximate surface area is 208 Å². The van der Waals surface area contributed by atoms with Crippen LogP contribution >= 0.6 is 0 Å². The number of carbonyl (C=O) groups excluding carboxylic acids is 4. The highest BCUT2D eigenvalue weighted by Crippen LogP contribution is 2.11. The molecule has 1 rings (SSSR count). The normalized spacial score (nSPS) is 14.9. The van der Waals surface area contributed by atoms with Crippen molar-refractivity contribution >= 4 is 35.6 Å². The Kier molecular flexibility index (Phi) is 12.0. The summed E-state index contributed by atoms with van der Waals surface area (Å²) in [5.41, 5.74) is 11.3. The van der Waals surface area contributed by atoms with E-state index in [1.807, 2.05) is 0 Å². The van der Waals surface area contributed by atoms with Gasteiger partial charge in [-0.25, -0.2) is 4.79 Å². The van der Waals surface area contributed by atoms with Crippen molar-refractivity contribution < 1.29 is 39.0 Å². The number of rotatable bonds is 15. The molecule has 0 aliphatic rings. The third kappa shape index (κ3) is 10.1. The van der Waals surface area contributed by atoms with Gasteiger partial charge < -0.3 is 37.6 Å². The van der Waals surface area contributed by atoms with Crippen LogP contribution in [0.1, 0.15) is 38.7 Å². The Bertz CT molecular complexity index is 955. The molecular formula is C23H33N5O8. The topological polar surface area (TPSA) is 231 Å². The fourth-order valence-corrected chi connectivity index (χ4v) is 3.24. The molecule has 0 saturated heterocycles. The Hall–Kier alpha value is -4.00. The van der Waals surface area contributed by atoms with Crippen LogP contribution in [0.15, 0.2) is 30.3 Å². The summed E-state index contributed by atoms with van der Waals surface area (Å²) in [6.45, 7) is 3.41. The fraction of sp³-hybridized carbons (Fsp3) is 0.478. The third-order valence-corrected chi connectivity index (χ3v) is 5.46. The lowest BCUT2D eigenvalue weighted by molar-refractivity contribution is -0.144. The van der Waals surface area contributed by atoms with Crippen LogP contribution in [0.5, 0.6) is 0 Å². The quantitative estimate of drug-likeness (QED) is 0.146. The van der Waals surface area contributed by atoms with Crippen LogP contribution in [-0.4, -0.2) is 69.9 Å². The molecule has 0 heterocycles. The second kappa shape index (κ2) is 14.4. The summed E-state index contributed by atoms with van der Waals surface area (Å²) in [6, 6.07) is 3.20. The van der Waals surface area contributed by atoms with Crippen molar-refractivity contribution in [2.75, 3.05) is 0 Å². The van der Waals surface area contributed by atoms with Crippen molar-refractivity contribution in [1.29, 1.82) is 0 Å². The number of aliphatic carboxylic acids is 2. The number of carbonyl (C=O) groups is 6. The van der Waals surface area contributed by atoms with Gasteiger partial charge in [0.25, 0.3) is 0 Å². The van der Waals surface area contributed by atoms with Crippen LogP contribution in [0.4, 0.5) is 0 Å². The van der Waals surface area contributed by atoms with E-state index in [4.69, 9.17) is 16.6 Å². The van der Waals surface area contributed by atoms with Gasteiger partial charge in [0.05, 0.1) is 18.9 Å². The Balaban J connectivity index is 3.14. The molecule has 13 nitrogen and oxygen atoms in total. The van der Waals surface area contributed by atoms with Crippen molar-refractivity contribution in [3.8, 4) is 0 Å². The molecule has 198 valence electrons. The van der Waals surface area contributed by atoms with E-state index in [0.29, 0.717) is 12.0 Å². The number of hydrogen-bond acceptors (Lipinski definition) is 7. The maximum absolute atomic E-state index is 13.2. The average molecular weight is 508 g/mol. The minimum atomic E-state index is -1.59. The van der Waals surface area contributed by atoms with Crippen LogP contribution in [-0.2, 0) is 35.2 Å². The molecule has 0 aromatic heterocycles. The Morgan fingerprint density at radius 2 is 1.44 bits per heavy atom. The van der Waals surface area contributed by atoms with Gasteiger partial charge in [-0.2, -0.15) is 0 Å². The summed E-state index contributed by atoms with van der Waals surface area (Å²) in [4.78, 5) is 72.0. The van der Waals surface area contributed by atoms with Crippen molar-refractivity contribution in [3.63, 3.8) is 0 Å². The van der Waals surface area contributed by atoms with Gasteiger partial charge in [0.15, 0.2) is 0 Å². The van der Waals surface area contributed by atoms with E-state index in [-0.39, 0.29) is 6.42 Å². The summed E-state index contributed by atoms with van der Waals surface area (Å²) < 4.78 is 0. The van der Waals surface area contributed by atoms with Crippen LogP contribution in [0.3, 0.4) is 0 Å². The summed E-state index contributed by atoms with van der Waals surface area (Å²) in [5, 5.41) is 25.4. The van der Waals surface area contributed by atoms with Crippen molar-refractivity contribution in [3.05, 3.63) is 35.9 Å². The molecule has 0 fully saturated rings. The smallest absolute Gasteiger partial charge is 0.326 e. The third-order valence-electron chi connectivity index (χ3n) is 5.46. The molecule has 36 heavy (non-hydrogen) atoms. The van der Waals surface area contributed by atoms with E-state index < -0.39 is 78.5 Å². The number of carboxylic acid groups (broad SMARTS) is 2. The number of nitrogens with one attached hydrogen (secondary N) is 3. The molecule has 5 unspecified atom stereocenters. The van der Waals surface area contributed by atoms with E-state index in [0.717, 1.165) is 0 Å². The minimum absolute atomic E-state index is 0.00642. The highest BCUT2D eigenvalue weighted by Gasteiger charge is 2.33. The van der Waals surface area contributed by atoms with Gasteiger partial charge in [0.1, 0.15) is 18.1 Å². The average Bonchev–Trinajstić information content (AvgIpc) is 2.80. The molecule has 9 N–H and O–H groups in total. The number of hydrogen-bond donors (Lipinski definition) is 7. The van der Waals surface area contributed by atoms with Crippen molar-refractivity contribution in [2.24, 2.45) is 17.4 Å². The Morgan fingerprint density at radius 3 is 1.94 bits per heavy atom. The van der Waals surface area contributed by atoms with Crippen molar-refractivity contribution in [2.45, 2.75) is 63.7 Å². The molecule has 1 aromatic rings. The van der Waals surface area contributed by atoms with Gasteiger partial charge in [-0.05, 0) is 11.5 Å². The molecule has 13 heteroatoms. The molecule has 1 aromatic carbocycles. The zero-order valence-corrected chi connectivity index (χ0v) is 20.1. The molecular weight excluding hydrogens is 474 g/mol. The van der Waals surface area contributed by atoms with Gasteiger partial charge in [-0.15, -0.1) is 0 Å². The molecule has 4 amide bonds. The fourth-order valence-electron chi connectivity index (χ4n) is 3.24. The molecule has 5 atom stereocenters. The van der Waals surface area contributed by atoms with Crippen LogP contribution in [0.25, 0.3) is 0 Å². The monoisotopic (exact) mass is 507 g/mol.